The van der Waals surface area contributed by atoms with E-state index in [-0.39, 0.29) is 5.97 Å². The first-order valence-electron chi connectivity index (χ1n) is 6.27. The Labute approximate surface area is 103 Å². The summed E-state index contributed by atoms with van der Waals surface area (Å²) in [5.74, 6) is -0.290. The van der Waals surface area contributed by atoms with E-state index in [1.165, 1.54) is 7.11 Å². The Balaban J connectivity index is 2.14. The fraction of sp³-hybridized carbons (Fsp3) is 0.917. The molecule has 17 heavy (non-hydrogen) atoms. The van der Waals surface area contributed by atoms with E-state index in [4.69, 9.17) is 9.47 Å². The molecule has 100 valence electrons. The predicted octanol–water partition coefficient (Wildman–Crippen LogP) is 0.677. The molecule has 1 atom stereocenters. The predicted molar refractivity (Wildman–Crippen MR) is 63.9 cm³/mol. The van der Waals surface area contributed by atoms with E-state index in [9.17, 15) is 4.79 Å². The van der Waals surface area contributed by atoms with Crippen molar-refractivity contribution in [1.82, 2.24) is 4.90 Å². The number of esters is 1. The average Bonchev–Trinajstić information content (AvgIpc) is 2.38. The highest BCUT2D eigenvalue weighted by Gasteiger charge is 2.26. The van der Waals surface area contributed by atoms with Crippen LogP contribution in [0.2, 0.25) is 0 Å². The third-order valence-electron chi connectivity index (χ3n) is 2.81. The van der Waals surface area contributed by atoms with Crippen LogP contribution in [0.5, 0.6) is 0 Å². The van der Waals surface area contributed by atoms with Crippen LogP contribution in [0.3, 0.4) is 0 Å². The van der Waals surface area contributed by atoms with Crippen molar-refractivity contribution in [2.75, 3.05) is 46.6 Å². The Morgan fingerprint density at radius 1 is 1.47 bits per heavy atom. The van der Waals surface area contributed by atoms with E-state index >= 15 is 0 Å². The third-order valence-corrected chi connectivity index (χ3v) is 2.81. The van der Waals surface area contributed by atoms with Crippen molar-refractivity contribution in [3.63, 3.8) is 0 Å². The van der Waals surface area contributed by atoms with Crippen molar-refractivity contribution in [1.29, 1.82) is 0 Å². The fourth-order valence-corrected chi connectivity index (χ4v) is 1.72. The van der Waals surface area contributed by atoms with Gasteiger partial charge in [0.2, 0.25) is 0 Å². The van der Waals surface area contributed by atoms with E-state index < -0.39 is 6.10 Å². The summed E-state index contributed by atoms with van der Waals surface area (Å²) in [6.45, 7) is 6.56. The minimum absolute atomic E-state index is 0.290. The summed E-state index contributed by atoms with van der Waals surface area (Å²) in [5.41, 5.74) is 0. The van der Waals surface area contributed by atoms with Gasteiger partial charge in [-0.25, -0.2) is 4.79 Å². The topological polar surface area (TPSA) is 48.0 Å². The van der Waals surface area contributed by atoms with Crippen molar-refractivity contribution in [2.24, 2.45) is 0 Å². The minimum atomic E-state index is -0.440. The highest BCUT2D eigenvalue weighted by molar-refractivity contribution is 5.74. The first-order valence-corrected chi connectivity index (χ1v) is 6.27. The smallest absolute Gasteiger partial charge is 0.336 e. The average molecular weight is 245 g/mol. The number of unbranched alkanes of at least 4 members (excludes halogenated alkanes) is 1. The van der Waals surface area contributed by atoms with Crippen molar-refractivity contribution in [3.8, 4) is 0 Å². The fourth-order valence-electron chi connectivity index (χ4n) is 1.72. The second-order valence-electron chi connectivity index (χ2n) is 4.15. The standard InChI is InChI=1S/C12H23NO4/c1-3-4-7-16-8-5-13-6-9-17-11(10-13)12(14)15-2/h11H,3-10H2,1-2H3. The van der Waals surface area contributed by atoms with Gasteiger partial charge in [0.05, 0.1) is 20.3 Å². The van der Waals surface area contributed by atoms with Gasteiger partial charge in [0.15, 0.2) is 6.10 Å². The van der Waals surface area contributed by atoms with Gasteiger partial charge in [0, 0.05) is 26.2 Å². The lowest BCUT2D eigenvalue weighted by molar-refractivity contribution is -0.160. The first-order chi connectivity index (χ1) is 8.27. The quantitative estimate of drug-likeness (QED) is 0.487. The molecule has 1 heterocycles. The molecule has 0 spiro atoms. The van der Waals surface area contributed by atoms with Crippen LogP contribution in [-0.4, -0.2) is 63.5 Å². The Bertz CT molecular complexity index is 223. The molecule has 5 nitrogen and oxygen atoms in total. The Hall–Kier alpha value is -0.650. The highest BCUT2D eigenvalue weighted by Crippen LogP contribution is 2.06. The van der Waals surface area contributed by atoms with Gasteiger partial charge in [-0.05, 0) is 6.42 Å². The zero-order valence-corrected chi connectivity index (χ0v) is 10.8. The summed E-state index contributed by atoms with van der Waals surface area (Å²) >= 11 is 0. The molecule has 1 saturated heterocycles. The molecule has 1 rings (SSSR count). The minimum Gasteiger partial charge on any atom is -0.467 e. The Morgan fingerprint density at radius 2 is 2.29 bits per heavy atom. The van der Waals surface area contributed by atoms with Crippen LogP contribution in [0.25, 0.3) is 0 Å². The normalized spacial score (nSPS) is 21.4. The molecule has 0 aromatic rings. The zero-order valence-electron chi connectivity index (χ0n) is 10.8. The van der Waals surface area contributed by atoms with Crippen molar-refractivity contribution < 1.29 is 19.0 Å². The van der Waals surface area contributed by atoms with Gasteiger partial charge in [-0.1, -0.05) is 13.3 Å². The Morgan fingerprint density at radius 3 is 3.00 bits per heavy atom. The molecule has 0 bridgehead atoms. The summed E-state index contributed by atoms with van der Waals surface area (Å²) in [4.78, 5) is 13.5. The van der Waals surface area contributed by atoms with Crippen molar-refractivity contribution in [2.45, 2.75) is 25.9 Å². The molecular weight excluding hydrogens is 222 g/mol. The number of methoxy groups -OCH3 is 1. The highest BCUT2D eigenvalue weighted by atomic mass is 16.6. The maximum absolute atomic E-state index is 11.3. The molecule has 1 aliphatic rings. The van der Waals surface area contributed by atoms with E-state index in [0.29, 0.717) is 19.8 Å². The molecule has 1 fully saturated rings. The second kappa shape index (κ2) is 8.44. The maximum atomic E-state index is 11.3. The summed E-state index contributed by atoms with van der Waals surface area (Å²) in [6.07, 6.45) is 1.82. The summed E-state index contributed by atoms with van der Waals surface area (Å²) < 4.78 is 15.5. The molecule has 0 aromatic carbocycles. The summed E-state index contributed by atoms with van der Waals surface area (Å²) in [7, 11) is 1.39. The van der Waals surface area contributed by atoms with Gasteiger partial charge in [-0.15, -0.1) is 0 Å². The van der Waals surface area contributed by atoms with Gasteiger partial charge in [-0.3, -0.25) is 4.90 Å². The summed E-state index contributed by atoms with van der Waals surface area (Å²) in [5, 5.41) is 0. The number of nitrogens with zero attached hydrogens (tertiary/aromatic N) is 1. The molecular formula is C12H23NO4. The molecule has 1 aliphatic heterocycles. The number of ether oxygens (including phenoxy) is 3. The van der Waals surface area contributed by atoms with Crippen LogP contribution in [0.15, 0.2) is 0 Å². The van der Waals surface area contributed by atoms with Crippen molar-refractivity contribution >= 4 is 5.97 Å². The van der Waals surface area contributed by atoms with Gasteiger partial charge in [0.1, 0.15) is 0 Å². The molecule has 1 unspecified atom stereocenters. The van der Waals surface area contributed by atoms with Crippen LogP contribution >= 0.6 is 0 Å². The SMILES string of the molecule is CCCCOCCN1CCOC(C(=O)OC)C1. The molecule has 0 saturated carbocycles. The van der Waals surface area contributed by atoms with Crippen LogP contribution in [0, 0.1) is 0 Å². The lowest BCUT2D eigenvalue weighted by atomic mass is 10.3. The number of carbonyl (C=O) groups is 1. The van der Waals surface area contributed by atoms with E-state index in [1.54, 1.807) is 0 Å². The zero-order chi connectivity index (χ0) is 12.5. The molecule has 0 aromatic heterocycles. The van der Waals surface area contributed by atoms with Gasteiger partial charge < -0.3 is 14.2 Å². The number of morpholine rings is 1. The monoisotopic (exact) mass is 245 g/mol. The molecule has 5 heteroatoms. The van der Waals surface area contributed by atoms with Crippen LogP contribution < -0.4 is 0 Å². The van der Waals surface area contributed by atoms with E-state index in [2.05, 4.69) is 16.6 Å². The maximum Gasteiger partial charge on any atom is 0.336 e. The van der Waals surface area contributed by atoms with E-state index in [0.717, 1.165) is 32.5 Å². The largest absolute Gasteiger partial charge is 0.467 e. The Kier molecular flexibility index (Phi) is 7.16. The number of hydrogen-bond donors (Lipinski definition) is 0. The van der Waals surface area contributed by atoms with Gasteiger partial charge >= 0.3 is 5.97 Å². The van der Waals surface area contributed by atoms with Crippen LogP contribution in [0.1, 0.15) is 19.8 Å². The molecule has 0 aliphatic carbocycles. The third kappa shape index (κ3) is 5.48. The summed E-state index contributed by atoms with van der Waals surface area (Å²) in [6, 6.07) is 0. The molecule has 0 amide bonds. The van der Waals surface area contributed by atoms with Crippen molar-refractivity contribution in [3.05, 3.63) is 0 Å². The first kappa shape index (κ1) is 14.4. The molecule has 0 N–H and O–H groups in total. The van der Waals surface area contributed by atoms with Crippen LogP contribution in [0.4, 0.5) is 0 Å². The number of rotatable bonds is 7. The van der Waals surface area contributed by atoms with Gasteiger partial charge in [0.25, 0.3) is 0 Å². The molecule has 0 radical (unpaired) electrons. The lowest BCUT2D eigenvalue weighted by Gasteiger charge is -2.31. The second-order valence-corrected chi connectivity index (χ2v) is 4.15. The van der Waals surface area contributed by atoms with Gasteiger partial charge in [-0.2, -0.15) is 0 Å². The lowest BCUT2D eigenvalue weighted by Crippen LogP contribution is -2.47. The van der Waals surface area contributed by atoms with Crippen LogP contribution in [-0.2, 0) is 19.0 Å². The number of carbonyl (C=O) groups excluding carboxylic acids is 1. The number of hydrogen-bond acceptors (Lipinski definition) is 5. The van der Waals surface area contributed by atoms with E-state index in [1.807, 2.05) is 0 Å².